The second-order valence-corrected chi connectivity index (χ2v) is 11.4. The number of likely N-dealkylation sites (tertiary alicyclic amines) is 1. The first kappa shape index (κ1) is 25.5. The average Bonchev–Trinajstić information content (AvgIpc) is 3.15. The van der Waals surface area contributed by atoms with Gasteiger partial charge in [-0.3, -0.25) is 14.1 Å². The molecule has 1 aliphatic rings. The van der Waals surface area contributed by atoms with E-state index in [1.165, 1.54) is 12.8 Å². The van der Waals surface area contributed by atoms with Crippen molar-refractivity contribution in [1.29, 1.82) is 0 Å². The summed E-state index contributed by atoms with van der Waals surface area (Å²) in [5, 5.41) is 9.61. The summed E-state index contributed by atoms with van der Waals surface area (Å²) < 4.78 is 9.49. The van der Waals surface area contributed by atoms with Crippen LogP contribution < -0.4 is 5.69 Å². The number of aryl methyl sites for hydroxylation is 1. The molecule has 8 heteroatoms. The van der Waals surface area contributed by atoms with Crippen LogP contribution in [0.4, 0.5) is 0 Å². The number of piperidine rings is 1. The van der Waals surface area contributed by atoms with Crippen LogP contribution in [-0.2, 0) is 11.8 Å². The third-order valence-corrected chi connectivity index (χ3v) is 7.81. The van der Waals surface area contributed by atoms with E-state index in [-0.39, 0.29) is 17.8 Å². The number of pyridine rings is 1. The van der Waals surface area contributed by atoms with E-state index in [1.807, 2.05) is 38.2 Å². The van der Waals surface area contributed by atoms with Crippen molar-refractivity contribution >= 4 is 22.1 Å². The highest BCUT2D eigenvalue weighted by Gasteiger charge is 2.25. The van der Waals surface area contributed by atoms with E-state index in [1.54, 1.807) is 16.2 Å². The first-order valence-corrected chi connectivity index (χ1v) is 13.3. The second-order valence-electron chi connectivity index (χ2n) is 11.4. The molecular weight excluding hydrogens is 464 g/mol. The molecule has 196 valence electrons. The van der Waals surface area contributed by atoms with Gasteiger partial charge < -0.3 is 9.64 Å². The number of fused-ring (bicyclic) bond motifs is 3. The Kier molecular flexibility index (Phi) is 6.89. The molecule has 0 saturated carbocycles. The lowest BCUT2D eigenvalue weighted by Crippen LogP contribution is -2.39. The molecule has 0 amide bonds. The lowest BCUT2D eigenvalue weighted by molar-refractivity contribution is 0.0325. The second kappa shape index (κ2) is 9.99. The molecule has 37 heavy (non-hydrogen) atoms. The topological polar surface area (TPSA) is 78.1 Å². The predicted molar refractivity (Wildman–Crippen MR) is 148 cm³/mol. The zero-order chi connectivity index (χ0) is 26.3. The number of rotatable bonds is 7. The van der Waals surface area contributed by atoms with E-state index in [0.29, 0.717) is 17.7 Å². The number of imidazole rings is 1. The molecule has 1 aromatic carbocycles. The maximum absolute atomic E-state index is 12.9. The molecular formula is C29H38N6O2. The molecule has 1 aliphatic heterocycles. The molecule has 4 aromatic rings. The third kappa shape index (κ3) is 5.05. The average molecular weight is 503 g/mol. The van der Waals surface area contributed by atoms with Crippen LogP contribution in [0.3, 0.4) is 0 Å². The van der Waals surface area contributed by atoms with Gasteiger partial charge in [0.15, 0.2) is 5.65 Å². The van der Waals surface area contributed by atoms with Crippen molar-refractivity contribution in [3.63, 3.8) is 0 Å². The van der Waals surface area contributed by atoms with E-state index in [2.05, 4.69) is 48.0 Å². The van der Waals surface area contributed by atoms with Gasteiger partial charge >= 0.3 is 5.69 Å². The zero-order valence-corrected chi connectivity index (χ0v) is 22.9. The number of hydrogen-bond acceptors (Lipinski definition) is 6. The predicted octanol–water partition coefficient (Wildman–Crippen LogP) is 5.13. The van der Waals surface area contributed by atoms with E-state index in [0.717, 1.165) is 52.9 Å². The molecule has 0 spiro atoms. The van der Waals surface area contributed by atoms with E-state index in [9.17, 15) is 4.79 Å². The Labute approximate surface area is 218 Å². The van der Waals surface area contributed by atoms with Crippen LogP contribution in [0, 0.1) is 5.41 Å². The number of nitrogens with zero attached hydrogens (tertiary/aromatic N) is 6. The molecule has 0 unspecified atom stereocenters. The molecule has 1 fully saturated rings. The van der Waals surface area contributed by atoms with Crippen LogP contribution in [0.1, 0.15) is 65.3 Å². The fraction of sp³-hybridized carbons (Fsp3) is 0.517. The zero-order valence-electron chi connectivity index (χ0n) is 22.9. The molecule has 3 aromatic heterocycles. The van der Waals surface area contributed by atoms with Gasteiger partial charge in [0.1, 0.15) is 5.52 Å². The Bertz CT molecular complexity index is 1460. The van der Waals surface area contributed by atoms with Gasteiger partial charge in [0.2, 0.25) is 0 Å². The minimum Gasteiger partial charge on any atom is -0.371 e. The van der Waals surface area contributed by atoms with E-state index >= 15 is 0 Å². The summed E-state index contributed by atoms with van der Waals surface area (Å²) >= 11 is 0. The SMILES string of the molecule is CC(C)n1c(=O)n(C)c2nnc3ccc(-c4ccc([C@@H](C)OCCN5CCC(C)(C)CC5)nc4)cc3c21. The number of ether oxygens (including phenoxy) is 1. The molecule has 0 bridgehead atoms. The molecule has 0 aliphatic carbocycles. The van der Waals surface area contributed by atoms with Crippen molar-refractivity contribution in [2.75, 3.05) is 26.2 Å². The van der Waals surface area contributed by atoms with Gasteiger partial charge in [-0.1, -0.05) is 26.0 Å². The fourth-order valence-corrected chi connectivity index (χ4v) is 5.19. The van der Waals surface area contributed by atoms with Crippen molar-refractivity contribution in [2.45, 2.75) is 59.6 Å². The Balaban J connectivity index is 1.33. The van der Waals surface area contributed by atoms with Gasteiger partial charge in [-0.2, -0.15) is 0 Å². The summed E-state index contributed by atoms with van der Waals surface area (Å²) in [4.78, 5) is 20.1. The van der Waals surface area contributed by atoms with Gasteiger partial charge in [0, 0.05) is 36.8 Å². The summed E-state index contributed by atoms with van der Waals surface area (Å²) in [5.41, 5.74) is 5.52. The summed E-state index contributed by atoms with van der Waals surface area (Å²) in [6, 6.07) is 10.2. The highest BCUT2D eigenvalue weighted by molar-refractivity contribution is 6.02. The van der Waals surface area contributed by atoms with Gasteiger partial charge in [0.25, 0.3) is 0 Å². The third-order valence-electron chi connectivity index (χ3n) is 7.81. The van der Waals surface area contributed by atoms with Crippen molar-refractivity contribution < 1.29 is 4.74 Å². The van der Waals surface area contributed by atoms with E-state index in [4.69, 9.17) is 9.72 Å². The highest BCUT2D eigenvalue weighted by atomic mass is 16.5. The maximum Gasteiger partial charge on any atom is 0.330 e. The van der Waals surface area contributed by atoms with Crippen LogP contribution in [0.15, 0.2) is 41.3 Å². The molecule has 0 N–H and O–H groups in total. The summed E-state index contributed by atoms with van der Waals surface area (Å²) in [7, 11) is 1.74. The largest absolute Gasteiger partial charge is 0.371 e. The summed E-state index contributed by atoms with van der Waals surface area (Å²) in [6.07, 6.45) is 4.33. The quantitative estimate of drug-likeness (QED) is 0.349. The molecule has 0 radical (unpaired) electrons. The summed E-state index contributed by atoms with van der Waals surface area (Å²) in [6.45, 7) is 14.8. The number of aromatic nitrogens is 5. The standard InChI is InChI=1S/C29H38N6O2/c1-19(2)35-26-23-17-21(7-10-25(23)31-32-27(26)33(6)28(35)36)22-8-9-24(30-18-22)20(3)37-16-15-34-13-11-29(4,5)12-14-34/h7-10,17-20H,11-16H2,1-6H3/t20-/m1/s1. The highest BCUT2D eigenvalue weighted by Crippen LogP contribution is 2.30. The maximum atomic E-state index is 12.9. The molecule has 5 rings (SSSR count). The van der Waals surface area contributed by atoms with Crippen LogP contribution in [0.25, 0.3) is 33.2 Å². The normalized spacial score (nSPS) is 17.2. The van der Waals surface area contributed by atoms with Gasteiger partial charge in [-0.05, 0) is 75.9 Å². The Morgan fingerprint density at radius 3 is 2.43 bits per heavy atom. The minimum absolute atomic E-state index is 0.0106. The van der Waals surface area contributed by atoms with Gasteiger partial charge in [-0.15, -0.1) is 10.2 Å². The smallest absolute Gasteiger partial charge is 0.330 e. The van der Waals surface area contributed by atoms with Gasteiger partial charge in [0.05, 0.1) is 23.9 Å². The van der Waals surface area contributed by atoms with Crippen molar-refractivity contribution in [3.8, 4) is 11.1 Å². The van der Waals surface area contributed by atoms with Crippen LogP contribution >= 0.6 is 0 Å². The van der Waals surface area contributed by atoms with Crippen LogP contribution in [0.5, 0.6) is 0 Å². The summed E-state index contributed by atoms with van der Waals surface area (Å²) in [5.74, 6) is 0. The fourth-order valence-electron chi connectivity index (χ4n) is 5.19. The minimum atomic E-state index is -0.0821. The number of hydrogen-bond donors (Lipinski definition) is 0. The van der Waals surface area contributed by atoms with Gasteiger partial charge in [-0.25, -0.2) is 4.79 Å². The number of benzene rings is 1. The lowest BCUT2D eigenvalue weighted by Gasteiger charge is -2.36. The molecule has 1 saturated heterocycles. The molecule has 4 heterocycles. The van der Waals surface area contributed by atoms with Crippen molar-refractivity contribution in [3.05, 3.63) is 52.7 Å². The Hall–Kier alpha value is -3.10. The van der Waals surface area contributed by atoms with Crippen molar-refractivity contribution in [1.82, 2.24) is 29.2 Å². The monoisotopic (exact) mass is 502 g/mol. The van der Waals surface area contributed by atoms with Crippen molar-refractivity contribution in [2.24, 2.45) is 12.5 Å². The molecule has 8 nitrogen and oxygen atoms in total. The van der Waals surface area contributed by atoms with Crippen LogP contribution in [-0.4, -0.2) is 55.5 Å². The lowest BCUT2D eigenvalue weighted by atomic mass is 9.83. The molecule has 1 atom stereocenters. The van der Waals surface area contributed by atoms with Crippen LogP contribution in [0.2, 0.25) is 0 Å². The first-order chi connectivity index (χ1) is 17.6. The Morgan fingerprint density at radius 2 is 1.76 bits per heavy atom. The van der Waals surface area contributed by atoms with E-state index < -0.39 is 0 Å². The first-order valence-electron chi connectivity index (χ1n) is 13.3. The Morgan fingerprint density at radius 1 is 1.03 bits per heavy atom.